The van der Waals surface area contributed by atoms with E-state index >= 15 is 0 Å². The molecule has 0 aliphatic carbocycles. The van der Waals surface area contributed by atoms with Crippen LogP contribution in [-0.2, 0) is 11.3 Å². The first-order valence-electron chi connectivity index (χ1n) is 10.1. The van der Waals surface area contributed by atoms with Crippen LogP contribution in [-0.4, -0.2) is 25.0 Å². The van der Waals surface area contributed by atoms with Crippen LogP contribution < -0.4 is 15.5 Å². The first-order chi connectivity index (χ1) is 13.2. The number of halogens is 2. The number of carbonyl (C=O) groups excluding carboxylic acids is 1. The zero-order valence-electron chi connectivity index (χ0n) is 16.8. The first-order valence-corrected chi connectivity index (χ1v) is 10.1. The number of fused-ring (bicyclic) bond motifs is 2. The number of hydrogen-bond acceptors (Lipinski definition) is 3. The molecule has 0 saturated carbocycles. The van der Waals surface area contributed by atoms with Gasteiger partial charge in [0.1, 0.15) is 0 Å². The Morgan fingerprint density at radius 2 is 1.62 bits per heavy atom. The van der Waals surface area contributed by atoms with E-state index < -0.39 is 0 Å². The number of anilines is 2. The van der Waals surface area contributed by atoms with Gasteiger partial charge in [-0.05, 0) is 49.3 Å². The maximum Gasteiger partial charge on any atom is 0.224 e. The number of piperidine rings is 1. The molecule has 0 aromatic heterocycles. The van der Waals surface area contributed by atoms with Crippen molar-refractivity contribution < 1.29 is 4.79 Å². The Bertz CT molecular complexity index is 775. The Morgan fingerprint density at radius 3 is 2.31 bits per heavy atom. The standard InChI is InChI=1S/C23H29N3O.2ClH/c1-26(16-17-7-3-2-4-8-17)22-10-6-5-9-21(22)25-23(27)15-18-13-19-11-12-20(14-18)24-19;;/h2-10,18-20,24H,11-16H2,1H3,(H,25,27);2*1H. The molecule has 29 heavy (non-hydrogen) atoms. The summed E-state index contributed by atoms with van der Waals surface area (Å²) < 4.78 is 0. The van der Waals surface area contributed by atoms with Crippen LogP contribution in [0, 0.1) is 5.92 Å². The third-order valence-electron chi connectivity index (χ3n) is 5.90. The smallest absolute Gasteiger partial charge is 0.224 e. The van der Waals surface area contributed by atoms with Gasteiger partial charge < -0.3 is 15.5 Å². The van der Waals surface area contributed by atoms with E-state index in [1.54, 1.807) is 0 Å². The fourth-order valence-electron chi connectivity index (χ4n) is 4.66. The third kappa shape index (κ3) is 6.11. The van der Waals surface area contributed by atoms with Crippen LogP contribution >= 0.6 is 24.8 Å². The highest BCUT2D eigenvalue weighted by molar-refractivity contribution is 5.94. The second-order valence-corrected chi connectivity index (χ2v) is 8.09. The van der Waals surface area contributed by atoms with Crippen molar-refractivity contribution >= 4 is 42.1 Å². The summed E-state index contributed by atoms with van der Waals surface area (Å²) >= 11 is 0. The molecule has 6 heteroatoms. The zero-order chi connectivity index (χ0) is 18.6. The van der Waals surface area contributed by atoms with E-state index in [2.05, 4.69) is 52.9 Å². The van der Waals surface area contributed by atoms with Crippen molar-refractivity contribution in [2.45, 2.75) is 50.7 Å². The molecule has 2 aromatic rings. The molecule has 1 amide bonds. The Kier molecular flexibility index (Phi) is 8.81. The Balaban J connectivity index is 0.00000150. The van der Waals surface area contributed by atoms with Crippen molar-refractivity contribution in [1.82, 2.24) is 5.32 Å². The zero-order valence-corrected chi connectivity index (χ0v) is 18.5. The molecule has 0 spiro atoms. The minimum atomic E-state index is 0. The number of rotatable bonds is 6. The monoisotopic (exact) mass is 435 g/mol. The molecule has 4 rings (SSSR count). The van der Waals surface area contributed by atoms with Gasteiger partial charge in [-0.1, -0.05) is 42.5 Å². The summed E-state index contributed by atoms with van der Waals surface area (Å²) in [6.45, 7) is 0.811. The van der Waals surface area contributed by atoms with E-state index in [1.165, 1.54) is 18.4 Å². The number of amides is 1. The van der Waals surface area contributed by atoms with Gasteiger partial charge in [0.25, 0.3) is 0 Å². The predicted molar refractivity (Wildman–Crippen MR) is 125 cm³/mol. The second-order valence-electron chi connectivity index (χ2n) is 8.09. The summed E-state index contributed by atoms with van der Waals surface area (Å²) in [7, 11) is 2.07. The molecule has 2 unspecified atom stereocenters. The molecule has 2 bridgehead atoms. The van der Waals surface area contributed by atoms with Crippen molar-refractivity contribution in [3.63, 3.8) is 0 Å². The number of hydrogen-bond donors (Lipinski definition) is 2. The summed E-state index contributed by atoms with van der Waals surface area (Å²) in [5.41, 5.74) is 3.21. The second kappa shape index (κ2) is 10.9. The van der Waals surface area contributed by atoms with Crippen LogP contribution in [0.25, 0.3) is 0 Å². The van der Waals surface area contributed by atoms with Crippen molar-refractivity contribution in [3.8, 4) is 0 Å². The Hall–Kier alpha value is -1.75. The number of benzene rings is 2. The van der Waals surface area contributed by atoms with Crippen LogP contribution in [0.15, 0.2) is 54.6 Å². The van der Waals surface area contributed by atoms with Crippen LogP contribution in [0.5, 0.6) is 0 Å². The van der Waals surface area contributed by atoms with Gasteiger partial charge >= 0.3 is 0 Å². The summed E-state index contributed by atoms with van der Waals surface area (Å²) in [4.78, 5) is 14.9. The van der Waals surface area contributed by atoms with Crippen molar-refractivity contribution in [2.24, 2.45) is 5.92 Å². The molecule has 2 N–H and O–H groups in total. The van der Waals surface area contributed by atoms with Gasteiger partial charge in [0.05, 0.1) is 11.4 Å². The Morgan fingerprint density at radius 1 is 1.00 bits per heavy atom. The molecular weight excluding hydrogens is 405 g/mol. The maximum atomic E-state index is 12.7. The van der Waals surface area contributed by atoms with E-state index in [4.69, 9.17) is 0 Å². The highest BCUT2D eigenvalue weighted by Crippen LogP contribution is 2.33. The number of para-hydroxylation sites is 2. The molecular formula is C23H31Cl2N3O. The minimum absolute atomic E-state index is 0. The van der Waals surface area contributed by atoms with Gasteiger partial charge in [-0.3, -0.25) is 4.79 Å². The van der Waals surface area contributed by atoms with Gasteiger partial charge in [-0.25, -0.2) is 0 Å². The number of nitrogens with one attached hydrogen (secondary N) is 2. The summed E-state index contributed by atoms with van der Waals surface area (Å²) in [6, 6.07) is 19.8. The normalized spacial score (nSPS) is 22.2. The van der Waals surface area contributed by atoms with E-state index in [0.717, 1.165) is 30.8 Å². The van der Waals surface area contributed by atoms with E-state index in [1.807, 2.05) is 24.3 Å². The molecule has 158 valence electrons. The summed E-state index contributed by atoms with van der Waals surface area (Å²) in [5, 5.41) is 6.83. The van der Waals surface area contributed by atoms with Gasteiger partial charge in [-0.2, -0.15) is 0 Å². The molecule has 2 aromatic carbocycles. The lowest BCUT2D eigenvalue weighted by Crippen LogP contribution is -2.39. The fraction of sp³-hybridized carbons (Fsp3) is 0.435. The molecule has 2 atom stereocenters. The minimum Gasteiger partial charge on any atom is -0.369 e. The van der Waals surface area contributed by atoms with Crippen molar-refractivity contribution in [1.29, 1.82) is 0 Å². The van der Waals surface area contributed by atoms with Crippen LogP contribution in [0.4, 0.5) is 11.4 Å². The molecule has 4 nitrogen and oxygen atoms in total. The largest absolute Gasteiger partial charge is 0.369 e. The van der Waals surface area contributed by atoms with E-state index in [0.29, 0.717) is 24.4 Å². The van der Waals surface area contributed by atoms with Gasteiger partial charge in [0.15, 0.2) is 0 Å². The average Bonchev–Trinajstić information content (AvgIpc) is 3.01. The Labute approximate surface area is 186 Å². The topological polar surface area (TPSA) is 44.4 Å². The lowest BCUT2D eigenvalue weighted by Gasteiger charge is -2.29. The van der Waals surface area contributed by atoms with Crippen molar-refractivity contribution in [3.05, 3.63) is 60.2 Å². The molecule has 2 fully saturated rings. The SMILES string of the molecule is CN(Cc1ccccc1)c1ccccc1NC(=O)CC1CC2CCC(C1)N2.Cl.Cl. The summed E-state index contributed by atoms with van der Waals surface area (Å²) in [6.07, 6.45) is 5.45. The quantitative estimate of drug-likeness (QED) is 0.668. The van der Waals surface area contributed by atoms with E-state index in [9.17, 15) is 4.79 Å². The molecule has 2 aliphatic rings. The van der Waals surface area contributed by atoms with Crippen molar-refractivity contribution in [2.75, 3.05) is 17.3 Å². The number of nitrogens with zero attached hydrogens (tertiary/aromatic N) is 1. The van der Waals surface area contributed by atoms with Gasteiger partial charge in [-0.15, -0.1) is 24.8 Å². The average molecular weight is 436 g/mol. The van der Waals surface area contributed by atoms with Crippen LogP contribution in [0.3, 0.4) is 0 Å². The summed E-state index contributed by atoms with van der Waals surface area (Å²) in [5.74, 6) is 0.653. The van der Waals surface area contributed by atoms with Gasteiger partial charge in [0, 0.05) is 32.1 Å². The molecule has 2 heterocycles. The van der Waals surface area contributed by atoms with E-state index in [-0.39, 0.29) is 30.7 Å². The van der Waals surface area contributed by atoms with Crippen LogP contribution in [0.2, 0.25) is 0 Å². The molecule has 0 radical (unpaired) electrons. The lowest BCUT2D eigenvalue weighted by molar-refractivity contribution is -0.117. The third-order valence-corrected chi connectivity index (χ3v) is 5.90. The highest BCUT2D eigenvalue weighted by Gasteiger charge is 2.34. The number of carbonyl (C=O) groups is 1. The fourth-order valence-corrected chi connectivity index (χ4v) is 4.66. The van der Waals surface area contributed by atoms with Crippen LogP contribution in [0.1, 0.15) is 37.7 Å². The molecule has 2 aliphatic heterocycles. The van der Waals surface area contributed by atoms with Gasteiger partial charge in [0.2, 0.25) is 5.91 Å². The molecule has 2 saturated heterocycles. The maximum absolute atomic E-state index is 12.7. The highest BCUT2D eigenvalue weighted by atomic mass is 35.5. The predicted octanol–water partition coefficient (Wildman–Crippen LogP) is 5.03. The lowest BCUT2D eigenvalue weighted by atomic mass is 9.89. The first kappa shape index (κ1) is 23.5.